The maximum absolute atomic E-state index is 10.6. The summed E-state index contributed by atoms with van der Waals surface area (Å²) in [5.74, 6) is -0.232. The van der Waals surface area contributed by atoms with Gasteiger partial charge in [0.1, 0.15) is 0 Å². The third-order valence-corrected chi connectivity index (χ3v) is 5.25. The predicted molar refractivity (Wildman–Crippen MR) is 71.0 cm³/mol. The van der Waals surface area contributed by atoms with E-state index in [1.165, 1.54) is 0 Å². The first kappa shape index (κ1) is 14.0. The fraction of sp³-hybridized carbons (Fsp3) is 0.867. The van der Waals surface area contributed by atoms with Gasteiger partial charge in [-0.05, 0) is 50.5 Å². The maximum Gasteiger partial charge on any atom is 0.0751 e. The van der Waals surface area contributed by atoms with E-state index >= 15 is 0 Å². The van der Waals surface area contributed by atoms with Crippen LogP contribution in [0.1, 0.15) is 46.5 Å². The van der Waals surface area contributed by atoms with Crippen LogP contribution < -0.4 is 0 Å². The van der Waals surface area contributed by atoms with Crippen molar-refractivity contribution >= 4 is 0 Å². The Balaban J connectivity index is 2.30. The van der Waals surface area contributed by atoms with Crippen LogP contribution in [-0.2, 0) is 0 Å². The van der Waals surface area contributed by atoms with E-state index in [1.807, 2.05) is 0 Å². The van der Waals surface area contributed by atoms with E-state index in [0.717, 1.165) is 31.3 Å². The van der Waals surface area contributed by atoms with Crippen LogP contribution in [0.15, 0.2) is 12.2 Å². The van der Waals surface area contributed by atoms with Crippen molar-refractivity contribution in [2.24, 2.45) is 17.3 Å². The zero-order valence-electron chi connectivity index (χ0n) is 11.7. The largest absolute Gasteiger partial charge is 0.392 e. The molecule has 2 fully saturated rings. The lowest BCUT2D eigenvalue weighted by atomic mass is 9.53. The highest BCUT2D eigenvalue weighted by molar-refractivity contribution is 5.20. The van der Waals surface area contributed by atoms with Gasteiger partial charge in [-0.25, -0.2) is 0 Å². The van der Waals surface area contributed by atoms with Crippen molar-refractivity contribution < 1.29 is 15.3 Å². The van der Waals surface area contributed by atoms with E-state index in [9.17, 15) is 15.3 Å². The van der Waals surface area contributed by atoms with Crippen molar-refractivity contribution in [3.8, 4) is 0 Å². The highest BCUT2D eigenvalue weighted by Gasteiger charge is 2.53. The molecule has 0 radical (unpaired) electrons. The van der Waals surface area contributed by atoms with Crippen molar-refractivity contribution in [2.45, 2.75) is 64.3 Å². The molecule has 0 aromatic rings. The van der Waals surface area contributed by atoms with Gasteiger partial charge in [0.2, 0.25) is 0 Å². The van der Waals surface area contributed by atoms with Crippen LogP contribution >= 0.6 is 0 Å². The van der Waals surface area contributed by atoms with Crippen molar-refractivity contribution in [1.29, 1.82) is 0 Å². The van der Waals surface area contributed by atoms with Gasteiger partial charge in [-0.3, -0.25) is 0 Å². The number of rotatable bonds is 1. The molecule has 0 saturated heterocycles. The Morgan fingerprint density at radius 2 is 1.78 bits per heavy atom. The Bertz CT molecular complexity index is 344. The molecule has 2 rings (SSSR count). The van der Waals surface area contributed by atoms with Crippen LogP contribution in [0.5, 0.6) is 0 Å². The number of hydrogen-bond donors (Lipinski definition) is 3. The molecule has 0 spiro atoms. The zero-order chi connectivity index (χ0) is 13.7. The molecule has 0 amide bonds. The second-order valence-electron chi connectivity index (χ2n) is 7.05. The van der Waals surface area contributed by atoms with Crippen LogP contribution in [-0.4, -0.2) is 33.1 Å². The molecular formula is C15H26O3. The summed E-state index contributed by atoms with van der Waals surface area (Å²) in [7, 11) is 0. The molecule has 0 aromatic carbocycles. The van der Waals surface area contributed by atoms with E-state index in [4.69, 9.17) is 0 Å². The van der Waals surface area contributed by atoms with Gasteiger partial charge in [-0.15, -0.1) is 0 Å². The van der Waals surface area contributed by atoms with Gasteiger partial charge in [0.25, 0.3) is 0 Å². The highest BCUT2D eigenvalue weighted by Crippen LogP contribution is 2.54. The molecule has 3 N–H and O–H groups in total. The number of hydrogen-bond acceptors (Lipinski definition) is 3. The van der Waals surface area contributed by atoms with Gasteiger partial charge in [-0.1, -0.05) is 13.5 Å². The molecule has 0 aromatic heterocycles. The van der Waals surface area contributed by atoms with Gasteiger partial charge in [0.05, 0.1) is 17.8 Å². The lowest BCUT2D eigenvalue weighted by molar-refractivity contribution is -0.129. The second kappa shape index (κ2) is 4.32. The number of aliphatic hydroxyl groups is 3. The van der Waals surface area contributed by atoms with Gasteiger partial charge >= 0.3 is 0 Å². The summed E-state index contributed by atoms with van der Waals surface area (Å²) in [6, 6.07) is 0. The minimum atomic E-state index is -0.885. The predicted octanol–water partition coefficient (Wildman–Crippen LogP) is 1.86. The molecule has 5 atom stereocenters. The lowest BCUT2D eigenvalue weighted by Crippen LogP contribution is -2.55. The van der Waals surface area contributed by atoms with E-state index in [0.29, 0.717) is 0 Å². The molecule has 0 heterocycles. The minimum Gasteiger partial charge on any atom is -0.392 e. The molecule has 3 nitrogen and oxygen atoms in total. The topological polar surface area (TPSA) is 60.7 Å². The van der Waals surface area contributed by atoms with Crippen LogP contribution in [0, 0.1) is 17.3 Å². The van der Waals surface area contributed by atoms with E-state index < -0.39 is 17.8 Å². The molecule has 2 saturated carbocycles. The summed E-state index contributed by atoms with van der Waals surface area (Å²) in [5, 5.41) is 30.8. The van der Waals surface area contributed by atoms with E-state index in [2.05, 4.69) is 13.5 Å². The van der Waals surface area contributed by atoms with Crippen LogP contribution in [0.25, 0.3) is 0 Å². The molecule has 0 unspecified atom stereocenters. The first-order valence-electron chi connectivity index (χ1n) is 6.94. The van der Waals surface area contributed by atoms with E-state index in [1.54, 1.807) is 13.8 Å². The average molecular weight is 254 g/mol. The Kier molecular flexibility index (Phi) is 3.37. The van der Waals surface area contributed by atoms with Crippen molar-refractivity contribution in [2.75, 3.05) is 0 Å². The monoisotopic (exact) mass is 254 g/mol. The van der Waals surface area contributed by atoms with Crippen LogP contribution in [0.4, 0.5) is 0 Å². The fourth-order valence-corrected chi connectivity index (χ4v) is 4.03. The highest BCUT2D eigenvalue weighted by atomic mass is 16.3. The third-order valence-electron chi connectivity index (χ3n) is 5.25. The molecule has 104 valence electrons. The van der Waals surface area contributed by atoms with Gasteiger partial charge in [0, 0.05) is 11.8 Å². The number of aliphatic hydroxyl groups excluding tert-OH is 2. The number of fused-ring (bicyclic) bond motifs is 1. The molecule has 0 aliphatic heterocycles. The molecule has 2 aliphatic carbocycles. The zero-order valence-corrected chi connectivity index (χ0v) is 11.7. The van der Waals surface area contributed by atoms with Crippen molar-refractivity contribution in [3.05, 3.63) is 12.2 Å². The Hall–Kier alpha value is -0.380. The molecule has 18 heavy (non-hydrogen) atoms. The Labute approximate surface area is 110 Å². The SMILES string of the molecule is C=C1[C@H](O)CC[C@]2(C)CC[C@@H](C(C)(C)O)[C@H](O)[C@@H]12. The Morgan fingerprint density at radius 3 is 2.33 bits per heavy atom. The standard InChI is InChI=1S/C15H26O3/c1-9-11(16)6-8-15(4)7-5-10(14(2,3)18)13(17)12(9)15/h10-13,16-18H,1,5-8H2,2-4H3/t10-,11-,12-,13+,15+/m1/s1. The van der Waals surface area contributed by atoms with Crippen LogP contribution in [0.3, 0.4) is 0 Å². The molecule has 2 aliphatic rings. The first-order valence-corrected chi connectivity index (χ1v) is 6.94. The van der Waals surface area contributed by atoms with Crippen LogP contribution in [0.2, 0.25) is 0 Å². The average Bonchev–Trinajstić information content (AvgIpc) is 2.22. The summed E-state index contributed by atoms with van der Waals surface area (Å²) in [6.07, 6.45) is 2.37. The normalized spacial score (nSPS) is 45.8. The van der Waals surface area contributed by atoms with Crippen molar-refractivity contribution in [3.63, 3.8) is 0 Å². The minimum absolute atomic E-state index is 0.0253. The molecule has 0 bridgehead atoms. The summed E-state index contributed by atoms with van der Waals surface area (Å²) in [5.41, 5.74) is -0.105. The van der Waals surface area contributed by atoms with Gasteiger partial charge in [-0.2, -0.15) is 0 Å². The molecule has 3 heteroatoms. The summed E-state index contributed by atoms with van der Waals surface area (Å²) in [4.78, 5) is 0. The maximum atomic E-state index is 10.6. The van der Waals surface area contributed by atoms with Gasteiger partial charge in [0.15, 0.2) is 0 Å². The fourth-order valence-electron chi connectivity index (χ4n) is 4.03. The summed E-state index contributed by atoms with van der Waals surface area (Å²) >= 11 is 0. The van der Waals surface area contributed by atoms with E-state index in [-0.39, 0.29) is 17.3 Å². The lowest BCUT2D eigenvalue weighted by Gasteiger charge is -2.54. The third kappa shape index (κ3) is 2.13. The first-order chi connectivity index (χ1) is 8.17. The summed E-state index contributed by atoms with van der Waals surface area (Å²) in [6.45, 7) is 9.69. The second-order valence-corrected chi connectivity index (χ2v) is 7.05. The smallest absolute Gasteiger partial charge is 0.0751 e. The quantitative estimate of drug-likeness (QED) is 0.626. The Morgan fingerprint density at radius 1 is 1.22 bits per heavy atom. The molecular weight excluding hydrogens is 228 g/mol. The summed E-state index contributed by atoms with van der Waals surface area (Å²) < 4.78 is 0. The van der Waals surface area contributed by atoms with Gasteiger partial charge < -0.3 is 15.3 Å². The van der Waals surface area contributed by atoms with Crippen molar-refractivity contribution in [1.82, 2.24) is 0 Å².